The maximum absolute atomic E-state index is 2.49. The van der Waals surface area contributed by atoms with Gasteiger partial charge in [0, 0.05) is 45.9 Å². The van der Waals surface area contributed by atoms with Gasteiger partial charge in [-0.05, 0) is 140 Å². The molecule has 0 fully saturated rings. The van der Waals surface area contributed by atoms with Crippen LogP contribution in [0.4, 0.5) is 0 Å². The summed E-state index contributed by atoms with van der Waals surface area (Å²) < 4.78 is 5.27. The lowest BCUT2D eigenvalue weighted by atomic mass is 9.82. The number of rotatable bonds is 5. The van der Waals surface area contributed by atoms with Crippen molar-refractivity contribution < 1.29 is 0 Å². The Hall–Kier alpha value is -8.40. The Bertz CT molecular complexity index is 4650. The average molecular weight is 921 g/mol. The summed E-state index contributed by atoms with van der Waals surface area (Å²) in [7, 11) is 0. The van der Waals surface area contributed by atoms with Gasteiger partial charge in [-0.25, -0.2) is 0 Å². The number of benzene rings is 13. The zero-order chi connectivity index (χ0) is 45.9. The second-order valence-corrected chi connectivity index (χ2v) is 20.7. The van der Waals surface area contributed by atoms with E-state index in [9.17, 15) is 0 Å². The molecule has 15 aromatic rings. The summed E-state index contributed by atoms with van der Waals surface area (Å²) in [5.41, 5.74) is 12.5. The number of thiophene rings is 2. The van der Waals surface area contributed by atoms with Gasteiger partial charge in [-0.2, -0.15) is 0 Å². The van der Waals surface area contributed by atoms with Crippen molar-refractivity contribution in [3.05, 3.63) is 243 Å². The van der Waals surface area contributed by atoms with Crippen LogP contribution in [0.1, 0.15) is 0 Å². The Kier molecular flexibility index (Phi) is 8.80. The van der Waals surface area contributed by atoms with E-state index >= 15 is 0 Å². The van der Waals surface area contributed by atoms with Gasteiger partial charge in [-0.15, -0.1) is 22.7 Å². The molecule has 2 heteroatoms. The van der Waals surface area contributed by atoms with Crippen LogP contribution in [0.2, 0.25) is 0 Å². The average Bonchev–Trinajstić information content (AvgIpc) is 4.01. The predicted molar refractivity (Wildman–Crippen MR) is 307 cm³/mol. The van der Waals surface area contributed by atoms with Crippen LogP contribution >= 0.6 is 22.7 Å². The lowest BCUT2D eigenvalue weighted by Crippen LogP contribution is -1.93. The molecule has 0 nitrogen and oxygen atoms in total. The molecule has 0 bridgehead atoms. The summed E-state index contributed by atoms with van der Waals surface area (Å²) in [5.74, 6) is 0. The van der Waals surface area contributed by atoms with Gasteiger partial charge in [0.2, 0.25) is 0 Å². The van der Waals surface area contributed by atoms with E-state index < -0.39 is 0 Å². The highest BCUT2D eigenvalue weighted by atomic mass is 32.1. The minimum atomic E-state index is 1.19. The molecule has 0 aliphatic carbocycles. The molecule has 0 atom stereocenters. The van der Waals surface area contributed by atoms with E-state index in [1.54, 1.807) is 0 Å². The van der Waals surface area contributed by atoms with Gasteiger partial charge in [-0.1, -0.05) is 206 Å². The van der Waals surface area contributed by atoms with Crippen molar-refractivity contribution >= 4 is 117 Å². The Morgan fingerprint density at radius 2 is 0.686 bits per heavy atom. The number of fused-ring (bicyclic) bond motifs is 11. The minimum Gasteiger partial charge on any atom is -0.135 e. The van der Waals surface area contributed by atoms with Gasteiger partial charge in [0.15, 0.2) is 0 Å². The van der Waals surface area contributed by atoms with Crippen LogP contribution in [0.15, 0.2) is 243 Å². The maximum atomic E-state index is 2.49. The summed E-state index contributed by atoms with van der Waals surface area (Å²) in [5, 5.41) is 17.8. The van der Waals surface area contributed by atoms with E-state index in [1.807, 2.05) is 22.7 Å². The van der Waals surface area contributed by atoms with Gasteiger partial charge >= 0.3 is 0 Å². The fraction of sp³-hybridized carbons (Fsp3) is 0. The third-order valence-electron chi connectivity index (χ3n) is 14.8. The molecule has 0 aliphatic rings. The van der Waals surface area contributed by atoms with Crippen LogP contribution in [-0.4, -0.2) is 0 Å². The standard InChI is InChI=1S/C68H40S2/c1-2-17-42(18-3-1)63-48-21-6-9-24-51(48)66(57-28-14-26-54-47-20-10-12-29-60(47)70-68(54)57)59-40-45(34-36-52(59)63)44-35-37-53-58(39-44)64(46-33-32-41-16-4-5-19-43(41)38-46)49-22-7-8-23-50(49)65(53)56-27-15-31-62-67(56)55-25-11-13-30-61(55)69-62/h1-40H. The normalized spacial score (nSPS) is 12.0. The van der Waals surface area contributed by atoms with E-state index in [-0.39, 0.29) is 0 Å². The molecule has 15 rings (SSSR count). The molecule has 0 saturated heterocycles. The van der Waals surface area contributed by atoms with Crippen molar-refractivity contribution in [2.24, 2.45) is 0 Å². The lowest BCUT2D eigenvalue weighted by Gasteiger charge is -2.20. The fourth-order valence-electron chi connectivity index (χ4n) is 11.8. The second-order valence-electron chi connectivity index (χ2n) is 18.6. The van der Waals surface area contributed by atoms with Crippen molar-refractivity contribution in [1.29, 1.82) is 0 Å². The first-order chi connectivity index (χ1) is 34.7. The molecule has 0 radical (unpaired) electrons. The van der Waals surface area contributed by atoms with Crippen LogP contribution < -0.4 is 0 Å². The second kappa shape index (κ2) is 15.6. The molecule has 0 spiro atoms. The Morgan fingerprint density at radius 1 is 0.214 bits per heavy atom. The number of hydrogen-bond acceptors (Lipinski definition) is 2. The predicted octanol–water partition coefficient (Wildman–Crippen LogP) is 20.5. The molecule has 2 heterocycles. The highest BCUT2D eigenvalue weighted by molar-refractivity contribution is 7.26. The highest BCUT2D eigenvalue weighted by Gasteiger charge is 2.23. The molecule has 70 heavy (non-hydrogen) atoms. The van der Waals surface area contributed by atoms with Crippen molar-refractivity contribution in [2.45, 2.75) is 0 Å². The molecule has 2 aromatic heterocycles. The van der Waals surface area contributed by atoms with Gasteiger partial charge in [-0.3, -0.25) is 0 Å². The molecular formula is C68H40S2. The third kappa shape index (κ3) is 5.94. The maximum Gasteiger partial charge on any atom is 0.0434 e. The summed E-state index contributed by atoms with van der Waals surface area (Å²) in [6.45, 7) is 0. The minimum absolute atomic E-state index is 1.19. The molecule has 0 amide bonds. The topological polar surface area (TPSA) is 0 Å². The van der Waals surface area contributed by atoms with E-state index in [2.05, 4.69) is 243 Å². The first kappa shape index (κ1) is 39.6. The summed E-state index contributed by atoms with van der Waals surface area (Å²) >= 11 is 3.79. The van der Waals surface area contributed by atoms with Crippen LogP contribution in [0.25, 0.3) is 150 Å². The highest BCUT2D eigenvalue weighted by Crippen LogP contribution is 2.51. The van der Waals surface area contributed by atoms with Crippen LogP contribution in [0, 0.1) is 0 Å². The molecule has 0 unspecified atom stereocenters. The third-order valence-corrected chi connectivity index (χ3v) is 17.2. The molecule has 0 aliphatic heterocycles. The van der Waals surface area contributed by atoms with Crippen LogP contribution in [-0.2, 0) is 0 Å². The van der Waals surface area contributed by atoms with Gasteiger partial charge in [0.05, 0.1) is 0 Å². The Balaban J connectivity index is 1.05. The molecule has 324 valence electrons. The van der Waals surface area contributed by atoms with Crippen molar-refractivity contribution in [3.63, 3.8) is 0 Å². The quantitative estimate of drug-likeness (QED) is 0.151. The van der Waals surface area contributed by atoms with Crippen molar-refractivity contribution in [3.8, 4) is 55.6 Å². The summed E-state index contributed by atoms with van der Waals surface area (Å²) in [6, 6.07) is 91.0. The SMILES string of the molecule is c1ccc(-c2c3ccccc3c(-c3cccc4c3sc3ccccc34)c3cc(-c4ccc5c(-c6cccc7sc8ccccc8c67)c6ccccc6c(-c6ccc7ccccc7c6)c5c4)ccc23)cc1. The monoisotopic (exact) mass is 920 g/mol. The van der Waals surface area contributed by atoms with E-state index in [0.29, 0.717) is 0 Å². The molecule has 0 saturated carbocycles. The summed E-state index contributed by atoms with van der Waals surface area (Å²) in [4.78, 5) is 0. The Morgan fingerprint density at radius 3 is 1.41 bits per heavy atom. The Labute approximate surface area is 412 Å². The zero-order valence-corrected chi connectivity index (χ0v) is 39.5. The first-order valence-electron chi connectivity index (χ1n) is 24.1. The molecule has 13 aromatic carbocycles. The van der Waals surface area contributed by atoms with Gasteiger partial charge < -0.3 is 0 Å². The van der Waals surface area contributed by atoms with Crippen LogP contribution in [0.3, 0.4) is 0 Å². The molecule has 0 N–H and O–H groups in total. The largest absolute Gasteiger partial charge is 0.135 e. The van der Waals surface area contributed by atoms with Gasteiger partial charge in [0.1, 0.15) is 0 Å². The first-order valence-corrected chi connectivity index (χ1v) is 25.7. The van der Waals surface area contributed by atoms with Crippen molar-refractivity contribution in [1.82, 2.24) is 0 Å². The van der Waals surface area contributed by atoms with E-state index in [4.69, 9.17) is 0 Å². The van der Waals surface area contributed by atoms with Crippen LogP contribution in [0.5, 0.6) is 0 Å². The van der Waals surface area contributed by atoms with E-state index in [1.165, 1.54) is 150 Å². The van der Waals surface area contributed by atoms with Gasteiger partial charge in [0.25, 0.3) is 0 Å². The van der Waals surface area contributed by atoms with E-state index in [0.717, 1.165) is 0 Å². The summed E-state index contributed by atoms with van der Waals surface area (Å²) in [6.07, 6.45) is 0. The van der Waals surface area contributed by atoms with Crippen molar-refractivity contribution in [2.75, 3.05) is 0 Å². The fourth-order valence-corrected chi connectivity index (χ4v) is 14.1. The molecular weight excluding hydrogens is 881 g/mol. The number of hydrogen-bond donors (Lipinski definition) is 0. The lowest BCUT2D eigenvalue weighted by molar-refractivity contribution is 1.65. The smallest absolute Gasteiger partial charge is 0.0434 e. The zero-order valence-electron chi connectivity index (χ0n) is 37.9.